The zero-order valence-corrected chi connectivity index (χ0v) is 15.2. The van der Waals surface area contributed by atoms with Crippen LogP contribution in [0, 0.1) is 0 Å². The third kappa shape index (κ3) is 3.81. The van der Waals surface area contributed by atoms with Crippen molar-refractivity contribution in [1.29, 1.82) is 0 Å². The number of rotatable bonds is 5. The van der Waals surface area contributed by atoms with Gasteiger partial charge in [-0.3, -0.25) is 9.78 Å². The number of hydrogen-bond acceptors (Lipinski definition) is 5. The Morgan fingerprint density at radius 3 is 2.46 bits per heavy atom. The second-order valence-corrected chi connectivity index (χ2v) is 6.73. The molecule has 0 unspecified atom stereocenters. The Hall–Kier alpha value is -2.99. The number of aromatic nitrogens is 3. The Labute approximate surface area is 156 Å². The summed E-state index contributed by atoms with van der Waals surface area (Å²) in [6, 6.07) is 10.6. The van der Waals surface area contributed by atoms with Crippen LogP contribution in [0.4, 0.5) is 5.95 Å². The molecular formula is C19H18ClN5O. The highest BCUT2D eigenvalue weighted by molar-refractivity contribution is 6.31. The fourth-order valence-electron chi connectivity index (χ4n) is 2.58. The van der Waals surface area contributed by atoms with E-state index in [1.807, 2.05) is 19.9 Å². The number of nitrogens with zero attached hydrogens (tertiary/aromatic N) is 3. The van der Waals surface area contributed by atoms with Crippen LogP contribution < -0.4 is 11.1 Å². The second-order valence-electron chi connectivity index (χ2n) is 6.32. The van der Waals surface area contributed by atoms with Gasteiger partial charge in [-0.15, -0.1) is 0 Å². The quantitative estimate of drug-likeness (QED) is 0.718. The number of nitrogens with two attached hydrogens (primary N) is 1. The molecule has 132 valence electrons. The molecule has 7 heteroatoms. The number of halogens is 1. The average Bonchev–Trinajstić information content (AvgIpc) is 2.62. The van der Waals surface area contributed by atoms with Crippen LogP contribution in [-0.2, 0) is 5.54 Å². The fourth-order valence-corrected chi connectivity index (χ4v) is 2.94. The molecule has 3 aromatic rings. The van der Waals surface area contributed by atoms with Crippen molar-refractivity contribution in [3.63, 3.8) is 0 Å². The SMILES string of the molecule is CC(C)(Nc1ncc(-c2cccc(C(N)=O)c2)cn1)c1ncccc1Cl. The third-order valence-electron chi connectivity index (χ3n) is 3.91. The summed E-state index contributed by atoms with van der Waals surface area (Å²) in [6.45, 7) is 3.91. The lowest BCUT2D eigenvalue weighted by Gasteiger charge is -2.26. The van der Waals surface area contributed by atoms with Gasteiger partial charge in [0, 0.05) is 29.7 Å². The Morgan fingerprint density at radius 1 is 1.08 bits per heavy atom. The number of nitrogens with one attached hydrogen (secondary N) is 1. The minimum Gasteiger partial charge on any atom is -0.366 e. The molecule has 1 amide bonds. The lowest BCUT2D eigenvalue weighted by Crippen LogP contribution is -2.30. The molecule has 2 aromatic heterocycles. The molecule has 26 heavy (non-hydrogen) atoms. The van der Waals surface area contributed by atoms with Gasteiger partial charge in [0.1, 0.15) is 0 Å². The van der Waals surface area contributed by atoms with Crippen LogP contribution in [0.2, 0.25) is 5.02 Å². The molecule has 0 saturated heterocycles. The number of amides is 1. The van der Waals surface area contributed by atoms with Crippen LogP contribution in [0.5, 0.6) is 0 Å². The molecule has 0 saturated carbocycles. The first kappa shape index (κ1) is 17.8. The van der Waals surface area contributed by atoms with Crippen LogP contribution in [0.15, 0.2) is 55.0 Å². The molecule has 3 rings (SSSR count). The highest BCUT2D eigenvalue weighted by Gasteiger charge is 2.25. The van der Waals surface area contributed by atoms with E-state index in [2.05, 4.69) is 20.3 Å². The van der Waals surface area contributed by atoms with Crippen molar-refractivity contribution < 1.29 is 4.79 Å². The lowest BCUT2D eigenvalue weighted by atomic mass is 10.00. The standard InChI is InChI=1S/C19H18ClN5O/c1-19(2,16-15(20)7-4-8-22-16)25-18-23-10-14(11-24-18)12-5-3-6-13(9-12)17(21)26/h3-11H,1-2H3,(H2,21,26)(H,23,24,25). The zero-order valence-electron chi connectivity index (χ0n) is 14.4. The summed E-state index contributed by atoms with van der Waals surface area (Å²) in [4.78, 5) is 24.4. The molecule has 0 atom stereocenters. The van der Waals surface area contributed by atoms with Gasteiger partial charge in [0.2, 0.25) is 11.9 Å². The normalized spacial score (nSPS) is 11.2. The highest BCUT2D eigenvalue weighted by Crippen LogP contribution is 2.28. The molecule has 2 heterocycles. The van der Waals surface area contributed by atoms with Crippen molar-refractivity contribution >= 4 is 23.5 Å². The maximum Gasteiger partial charge on any atom is 0.248 e. The summed E-state index contributed by atoms with van der Waals surface area (Å²) < 4.78 is 0. The molecule has 0 bridgehead atoms. The number of carbonyl (C=O) groups is 1. The first-order valence-corrected chi connectivity index (χ1v) is 8.36. The molecule has 0 radical (unpaired) electrons. The molecule has 1 aromatic carbocycles. The Balaban J connectivity index is 1.83. The first-order valence-electron chi connectivity index (χ1n) is 7.98. The van der Waals surface area contributed by atoms with Gasteiger partial charge < -0.3 is 11.1 Å². The van der Waals surface area contributed by atoms with Crippen molar-refractivity contribution in [2.45, 2.75) is 19.4 Å². The van der Waals surface area contributed by atoms with Crippen LogP contribution in [0.25, 0.3) is 11.1 Å². The van der Waals surface area contributed by atoms with Gasteiger partial charge in [0.25, 0.3) is 0 Å². The van der Waals surface area contributed by atoms with Crippen molar-refractivity contribution in [1.82, 2.24) is 15.0 Å². The summed E-state index contributed by atoms with van der Waals surface area (Å²) in [6.07, 6.45) is 5.07. The van der Waals surface area contributed by atoms with Gasteiger partial charge in [0.05, 0.1) is 16.3 Å². The summed E-state index contributed by atoms with van der Waals surface area (Å²) in [5.41, 5.74) is 7.53. The Morgan fingerprint density at radius 2 is 1.81 bits per heavy atom. The topological polar surface area (TPSA) is 93.8 Å². The van der Waals surface area contributed by atoms with E-state index in [0.29, 0.717) is 22.2 Å². The number of anilines is 1. The van der Waals surface area contributed by atoms with E-state index in [4.69, 9.17) is 17.3 Å². The molecule has 3 N–H and O–H groups in total. The van der Waals surface area contributed by atoms with Gasteiger partial charge in [-0.1, -0.05) is 23.7 Å². The number of pyridine rings is 1. The summed E-state index contributed by atoms with van der Waals surface area (Å²) in [5.74, 6) is -0.0217. The number of benzene rings is 1. The van der Waals surface area contributed by atoms with E-state index in [1.54, 1.807) is 48.9 Å². The average molecular weight is 368 g/mol. The maximum atomic E-state index is 11.3. The Kier molecular flexibility index (Phi) is 4.86. The van der Waals surface area contributed by atoms with E-state index in [9.17, 15) is 4.79 Å². The number of carbonyl (C=O) groups excluding carboxylic acids is 1. The minimum absolute atomic E-state index is 0.440. The molecule has 0 aliphatic rings. The van der Waals surface area contributed by atoms with Gasteiger partial charge >= 0.3 is 0 Å². The van der Waals surface area contributed by atoms with Gasteiger partial charge in [-0.2, -0.15) is 0 Å². The molecule has 0 aliphatic heterocycles. The molecule has 0 aliphatic carbocycles. The van der Waals surface area contributed by atoms with Crippen molar-refractivity contribution in [3.8, 4) is 11.1 Å². The van der Waals surface area contributed by atoms with Crippen molar-refractivity contribution in [2.24, 2.45) is 5.73 Å². The predicted molar refractivity (Wildman–Crippen MR) is 102 cm³/mol. The zero-order chi connectivity index (χ0) is 18.7. The third-order valence-corrected chi connectivity index (χ3v) is 4.21. The molecule has 6 nitrogen and oxygen atoms in total. The predicted octanol–water partition coefficient (Wildman–Crippen LogP) is 3.64. The van der Waals surface area contributed by atoms with E-state index < -0.39 is 11.4 Å². The summed E-state index contributed by atoms with van der Waals surface area (Å²) in [7, 11) is 0. The van der Waals surface area contributed by atoms with E-state index in [-0.39, 0.29) is 0 Å². The molecule has 0 spiro atoms. The van der Waals surface area contributed by atoms with Gasteiger partial charge in [-0.25, -0.2) is 9.97 Å². The smallest absolute Gasteiger partial charge is 0.248 e. The van der Waals surface area contributed by atoms with Crippen LogP contribution in [0.1, 0.15) is 29.9 Å². The van der Waals surface area contributed by atoms with Gasteiger partial charge in [-0.05, 0) is 43.7 Å². The first-order chi connectivity index (χ1) is 12.4. The maximum absolute atomic E-state index is 11.3. The number of primary amides is 1. The fraction of sp³-hybridized carbons (Fsp3) is 0.158. The van der Waals surface area contributed by atoms with Gasteiger partial charge in [0.15, 0.2) is 0 Å². The lowest BCUT2D eigenvalue weighted by molar-refractivity contribution is 0.100. The minimum atomic E-state index is -0.550. The van der Waals surface area contributed by atoms with Crippen LogP contribution in [0.3, 0.4) is 0 Å². The Bertz CT molecular complexity index is 941. The van der Waals surface area contributed by atoms with Crippen molar-refractivity contribution in [2.75, 3.05) is 5.32 Å². The molecule has 0 fully saturated rings. The van der Waals surface area contributed by atoms with E-state index >= 15 is 0 Å². The van der Waals surface area contributed by atoms with Crippen LogP contribution >= 0.6 is 11.6 Å². The van der Waals surface area contributed by atoms with Crippen molar-refractivity contribution in [3.05, 3.63) is 71.3 Å². The van der Waals surface area contributed by atoms with E-state index in [0.717, 1.165) is 11.1 Å². The summed E-state index contributed by atoms with van der Waals surface area (Å²) in [5, 5.41) is 3.81. The molecular weight excluding hydrogens is 350 g/mol. The number of hydrogen-bond donors (Lipinski definition) is 2. The largest absolute Gasteiger partial charge is 0.366 e. The van der Waals surface area contributed by atoms with E-state index in [1.165, 1.54) is 0 Å². The van der Waals surface area contributed by atoms with Crippen LogP contribution in [-0.4, -0.2) is 20.9 Å². The second kappa shape index (κ2) is 7.09. The summed E-state index contributed by atoms with van der Waals surface area (Å²) >= 11 is 6.24. The monoisotopic (exact) mass is 367 g/mol. The highest BCUT2D eigenvalue weighted by atomic mass is 35.5.